The Morgan fingerprint density at radius 2 is 1.88 bits per heavy atom. The summed E-state index contributed by atoms with van der Waals surface area (Å²) in [6, 6.07) is 7.05. The predicted molar refractivity (Wildman–Crippen MR) is 100 cm³/mol. The number of likely N-dealkylation sites (tertiary alicyclic amines) is 2. The molecule has 1 aromatic carbocycles. The molecule has 0 saturated carbocycles. The molecular weight excluding hydrogens is 330 g/mol. The van der Waals surface area contributed by atoms with Crippen LogP contribution < -0.4 is 5.32 Å². The molecule has 0 bridgehead atoms. The van der Waals surface area contributed by atoms with Gasteiger partial charge in [0.15, 0.2) is 5.78 Å². The van der Waals surface area contributed by atoms with Gasteiger partial charge in [-0.1, -0.05) is 0 Å². The zero-order valence-corrected chi connectivity index (χ0v) is 15.4. The second kappa shape index (κ2) is 8.34. The van der Waals surface area contributed by atoms with Crippen LogP contribution in [-0.2, 0) is 4.79 Å². The zero-order chi connectivity index (χ0) is 18.5. The van der Waals surface area contributed by atoms with Crippen molar-refractivity contribution in [3.05, 3.63) is 29.8 Å². The normalized spacial score (nSPS) is 20.3. The number of anilines is 1. The molecule has 140 valence electrons. The van der Waals surface area contributed by atoms with E-state index in [0.717, 1.165) is 51.7 Å². The van der Waals surface area contributed by atoms with Crippen molar-refractivity contribution < 1.29 is 14.4 Å². The Morgan fingerprint density at radius 3 is 2.54 bits per heavy atom. The number of ketones is 1. The fourth-order valence-corrected chi connectivity index (χ4v) is 3.80. The van der Waals surface area contributed by atoms with E-state index in [9.17, 15) is 14.4 Å². The van der Waals surface area contributed by atoms with Gasteiger partial charge >= 0.3 is 6.03 Å². The molecule has 2 aliphatic rings. The zero-order valence-electron chi connectivity index (χ0n) is 15.4. The molecular formula is C20H27N3O3. The summed E-state index contributed by atoms with van der Waals surface area (Å²) >= 11 is 0. The molecule has 2 heterocycles. The molecule has 0 aromatic heterocycles. The van der Waals surface area contributed by atoms with Gasteiger partial charge in [-0.15, -0.1) is 0 Å². The number of Topliss-reactive ketones (excluding diaryl/α,β-unsaturated/α-hetero) is 1. The number of piperidine rings is 1. The van der Waals surface area contributed by atoms with Crippen LogP contribution in [0, 0.1) is 0 Å². The minimum Gasteiger partial charge on any atom is -0.343 e. The van der Waals surface area contributed by atoms with Crippen LogP contribution in [-0.4, -0.2) is 53.2 Å². The maximum absolute atomic E-state index is 12.7. The first-order chi connectivity index (χ1) is 12.5. The van der Waals surface area contributed by atoms with Crippen molar-refractivity contribution >= 4 is 23.4 Å². The Balaban J connectivity index is 1.58. The van der Waals surface area contributed by atoms with Gasteiger partial charge < -0.3 is 15.1 Å². The third-order valence-corrected chi connectivity index (χ3v) is 5.33. The summed E-state index contributed by atoms with van der Waals surface area (Å²) in [5.41, 5.74) is 1.33. The molecule has 0 spiro atoms. The summed E-state index contributed by atoms with van der Waals surface area (Å²) in [5, 5.41) is 2.94. The highest BCUT2D eigenvalue weighted by Crippen LogP contribution is 2.22. The average molecular weight is 357 g/mol. The minimum absolute atomic E-state index is 0.00966. The third-order valence-electron chi connectivity index (χ3n) is 5.33. The smallest absolute Gasteiger partial charge is 0.322 e. The molecule has 2 aliphatic heterocycles. The largest absolute Gasteiger partial charge is 0.343 e. The maximum Gasteiger partial charge on any atom is 0.322 e. The van der Waals surface area contributed by atoms with Crippen molar-refractivity contribution in [2.24, 2.45) is 0 Å². The van der Waals surface area contributed by atoms with Crippen molar-refractivity contribution in [2.75, 3.05) is 25.0 Å². The number of benzene rings is 1. The highest BCUT2D eigenvalue weighted by Gasteiger charge is 2.28. The first kappa shape index (κ1) is 18.4. The van der Waals surface area contributed by atoms with E-state index >= 15 is 0 Å². The molecule has 1 atom stereocenters. The van der Waals surface area contributed by atoms with Gasteiger partial charge in [0, 0.05) is 43.3 Å². The Bertz CT molecular complexity index is 671. The lowest BCUT2D eigenvalue weighted by Gasteiger charge is -2.36. The maximum atomic E-state index is 12.7. The monoisotopic (exact) mass is 357 g/mol. The summed E-state index contributed by atoms with van der Waals surface area (Å²) in [7, 11) is 0. The lowest BCUT2D eigenvalue weighted by Crippen LogP contribution is -2.47. The van der Waals surface area contributed by atoms with Crippen LogP contribution in [0.1, 0.15) is 55.8 Å². The highest BCUT2D eigenvalue weighted by atomic mass is 16.2. The van der Waals surface area contributed by atoms with Gasteiger partial charge in [-0.05, 0) is 63.3 Å². The lowest BCUT2D eigenvalue weighted by molar-refractivity contribution is -0.127. The molecule has 0 unspecified atom stereocenters. The fourth-order valence-electron chi connectivity index (χ4n) is 3.80. The topological polar surface area (TPSA) is 69.7 Å². The lowest BCUT2D eigenvalue weighted by atomic mass is 9.99. The molecule has 3 rings (SSSR count). The van der Waals surface area contributed by atoms with Crippen molar-refractivity contribution in [1.29, 1.82) is 0 Å². The fraction of sp³-hybridized carbons (Fsp3) is 0.550. The van der Waals surface area contributed by atoms with Gasteiger partial charge in [0.1, 0.15) is 0 Å². The Hall–Kier alpha value is -2.37. The van der Waals surface area contributed by atoms with Crippen LogP contribution in [0.2, 0.25) is 0 Å². The Morgan fingerprint density at radius 1 is 1.12 bits per heavy atom. The molecule has 3 amide bonds. The van der Waals surface area contributed by atoms with Crippen molar-refractivity contribution in [1.82, 2.24) is 9.80 Å². The van der Waals surface area contributed by atoms with Crippen molar-refractivity contribution in [2.45, 2.75) is 51.5 Å². The van der Waals surface area contributed by atoms with Crippen LogP contribution in [0.4, 0.5) is 10.5 Å². The standard InChI is InChI=1S/C20H27N3O3/c1-15(24)16-7-9-17(10-8-16)21-20(26)23-13-3-2-5-18(23)11-14-22-12-4-6-19(22)25/h7-10,18H,2-6,11-14H2,1H3,(H,21,26)/t18-/m1/s1. The number of carbonyl (C=O) groups excluding carboxylic acids is 3. The number of urea groups is 1. The van der Waals surface area contributed by atoms with E-state index in [1.54, 1.807) is 24.3 Å². The number of amides is 3. The van der Waals surface area contributed by atoms with Crippen LogP contribution in [0.15, 0.2) is 24.3 Å². The molecule has 2 saturated heterocycles. The van der Waals surface area contributed by atoms with Gasteiger partial charge in [-0.25, -0.2) is 4.79 Å². The molecule has 0 aliphatic carbocycles. The van der Waals surface area contributed by atoms with E-state index < -0.39 is 0 Å². The van der Waals surface area contributed by atoms with E-state index in [1.807, 2.05) is 9.80 Å². The van der Waals surface area contributed by atoms with E-state index in [1.165, 1.54) is 6.92 Å². The SMILES string of the molecule is CC(=O)c1ccc(NC(=O)N2CCCC[C@@H]2CCN2CCCC2=O)cc1. The van der Waals surface area contributed by atoms with E-state index in [4.69, 9.17) is 0 Å². The van der Waals surface area contributed by atoms with Crippen LogP contribution in [0.3, 0.4) is 0 Å². The van der Waals surface area contributed by atoms with E-state index in [0.29, 0.717) is 17.7 Å². The van der Waals surface area contributed by atoms with Crippen LogP contribution in [0.5, 0.6) is 0 Å². The highest BCUT2D eigenvalue weighted by molar-refractivity contribution is 5.95. The number of hydrogen-bond acceptors (Lipinski definition) is 3. The van der Waals surface area contributed by atoms with Crippen molar-refractivity contribution in [3.8, 4) is 0 Å². The van der Waals surface area contributed by atoms with E-state index in [-0.39, 0.29) is 23.8 Å². The molecule has 6 nitrogen and oxygen atoms in total. The number of rotatable bonds is 5. The quantitative estimate of drug-likeness (QED) is 0.822. The van der Waals surface area contributed by atoms with Crippen molar-refractivity contribution in [3.63, 3.8) is 0 Å². The summed E-state index contributed by atoms with van der Waals surface area (Å²) in [5.74, 6) is 0.248. The van der Waals surface area contributed by atoms with Gasteiger partial charge in [0.05, 0.1) is 0 Å². The summed E-state index contributed by atoms with van der Waals surface area (Å²) in [6.07, 6.45) is 5.56. The van der Waals surface area contributed by atoms with Crippen LogP contribution >= 0.6 is 0 Å². The molecule has 6 heteroatoms. The molecule has 1 N–H and O–H groups in total. The number of nitrogens with one attached hydrogen (secondary N) is 1. The summed E-state index contributed by atoms with van der Waals surface area (Å²) < 4.78 is 0. The van der Waals surface area contributed by atoms with Gasteiger partial charge in [-0.3, -0.25) is 9.59 Å². The van der Waals surface area contributed by atoms with Gasteiger partial charge in [0.2, 0.25) is 5.91 Å². The van der Waals surface area contributed by atoms with Crippen LogP contribution in [0.25, 0.3) is 0 Å². The molecule has 26 heavy (non-hydrogen) atoms. The van der Waals surface area contributed by atoms with E-state index in [2.05, 4.69) is 5.32 Å². The minimum atomic E-state index is -0.0991. The molecule has 2 fully saturated rings. The average Bonchev–Trinajstić information content (AvgIpc) is 3.05. The number of hydrogen-bond donors (Lipinski definition) is 1. The number of carbonyl (C=O) groups is 3. The Labute approximate surface area is 154 Å². The molecule has 0 radical (unpaired) electrons. The summed E-state index contributed by atoms with van der Waals surface area (Å²) in [4.78, 5) is 39.7. The molecule has 1 aromatic rings. The number of nitrogens with zero attached hydrogens (tertiary/aromatic N) is 2. The third kappa shape index (κ3) is 4.42. The first-order valence-corrected chi connectivity index (χ1v) is 9.51. The second-order valence-corrected chi connectivity index (χ2v) is 7.18. The van der Waals surface area contributed by atoms with Gasteiger partial charge in [0.25, 0.3) is 0 Å². The first-order valence-electron chi connectivity index (χ1n) is 9.51. The van der Waals surface area contributed by atoms with Gasteiger partial charge in [-0.2, -0.15) is 0 Å². The summed E-state index contributed by atoms with van der Waals surface area (Å²) in [6.45, 7) is 3.86. The predicted octanol–water partition coefficient (Wildman–Crippen LogP) is 3.29. The second-order valence-electron chi connectivity index (χ2n) is 7.18. The Kier molecular flexibility index (Phi) is 5.91.